The molecule has 0 saturated carbocycles. The van der Waals surface area contributed by atoms with E-state index in [0.717, 1.165) is 27.4 Å². The number of amides is 1. The molecule has 0 aliphatic carbocycles. The van der Waals surface area contributed by atoms with Crippen LogP contribution in [0.3, 0.4) is 0 Å². The van der Waals surface area contributed by atoms with Crippen molar-refractivity contribution in [3.05, 3.63) is 47.0 Å². The fraction of sp³-hybridized carbons (Fsp3) is 0.133. The minimum atomic E-state index is -0.427. The Hall–Kier alpha value is -2.04. The number of H-pyrrole nitrogens is 1. The third-order valence-corrected chi connectivity index (χ3v) is 3.82. The average Bonchev–Trinajstić information content (AvgIpc) is 2.82. The Morgan fingerprint density at radius 3 is 2.75 bits per heavy atom. The Morgan fingerprint density at radius 2 is 2.00 bits per heavy atom. The van der Waals surface area contributed by atoms with Gasteiger partial charge in [0, 0.05) is 26.8 Å². The Bertz CT molecular complexity index is 810. The number of aromatic nitrogens is 1. The molecular weight excluding hydrogens is 276 g/mol. The molecule has 5 heteroatoms. The van der Waals surface area contributed by atoms with Crippen LogP contribution in [0.1, 0.15) is 18.4 Å². The van der Waals surface area contributed by atoms with Gasteiger partial charge in [0.05, 0.1) is 5.92 Å². The van der Waals surface area contributed by atoms with Crippen molar-refractivity contribution in [2.45, 2.75) is 12.8 Å². The molecule has 0 fully saturated rings. The molecule has 20 heavy (non-hydrogen) atoms. The summed E-state index contributed by atoms with van der Waals surface area (Å²) >= 11 is 6.02. The number of hydroxylamine groups is 1. The van der Waals surface area contributed by atoms with E-state index in [9.17, 15) is 4.79 Å². The Balaban J connectivity index is 2.17. The van der Waals surface area contributed by atoms with E-state index < -0.39 is 11.8 Å². The molecule has 1 aromatic heterocycles. The van der Waals surface area contributed by atoms with Gasteiger partial charge in [-0.05, 0) is 36.8 Å². The molecular formula is C15H13ClN2O2. The summed E-state index contributed by atoms with van der Waals surface area (Å²) in [5.74, 6) is -0.845. The summed E-state index contributed by atoms with van der Waals surface area (Å²) in [6.45, 7) is 1.74. The van der Waals surface area contributed by atoms with Gasteiger partial charge in [-0.15, -0.1) is 0 Å². The molecule has 0 radical (unpaired) electrons. The van der Waals surface area contributed by atoms with Gasteiger partial charge in [0.2, 0.25) is 0 Å². The largest absolute Gasteiger partial charge is 0.355 e. The highest BCUT2D eigenvalue weighted by atomic mass is 35.5. The van der Waals surface area contributed by atoms with Crippen LogP contribution in [0, 0.1) is 0 Å². The van der Waals surface area contributed by atoms with Gasteiger partial charge in [-0.1, -0.05) is 23.7 Å². The van der Waals surface area contributed by atoms with Crippen LogP contribution in [-0.4, -0.2) is 16.1 Å². The molecule has 0 saturated heterocycles. The maximum Gasteiger partial charge on any atom is 0.250 e. The summed E-state index contributed by atoms with van der Waals surface area (Å²) < 4.78 is 0. The van der Waals surface area contributed by atoms with Crippen molar-refractivity contribution >= 4 is 39.3 Å². The second-order valence-electron chi connectivity index (χ2n) is 4.82. The summed E-state index contributed by atoms with van der Waals surface area (Å²) in [4.78, 5) is 14.8. The second kappa shape index (κ2) is 4.81. The van der Waals surface area contributed by atoms with Gasteiger partial charge in [0.1, 0.15) is 0 Å². The van der Waals surface area contributed by atoms with E-state index in [2.05, 4.69) is 4.98 Å². The van der Waals surface area contributed by atoms with E-state index in [1.165, 1.54) is 0 Å². The van der Waals surface area contributed by atoms with Crippen molar-refractivity contribution in [3.8, 4) is 0 Å². The van der Waals surface area contributed by atoms with Crippen LogP contribution in [0.4, 0.5) is 0 Å². The number of halogens is 1. The summed E-state index contributed by atoms with van der Waals surface area (Å²) in [6, 6.07) is 11.4. The minimum Gasteiger partial charge on any atom is -0.355 e. The van der Waals surface area contributed by atoms with E-state index in [-0.39, 0.29) is 0 Å². The molecule has 3 rings (SSSR count). The predicted octanol–water partition coefficient (Wildman–Crippen LogP) is 3.58. The molecule has 1 atom stereocenters. The van der Waals surface area contributed by atoms with E-state index in [1.807, 2.05) is 36.4 Å². The van der Waals surface area contributed by atoms with Gasteiger partial charge in [0.15, 0.2) is 0 Å². The lowest BCUT2D eigenvalue weighted by Crippen LogP contribution is -2.24. The summed E-state index contributed by atoms with van der Waals surface area (Å²) in [6.07, 6.45) is 0. The first kappa shape index (κ1) is 13.0. The van der Waals surface area contributed by atoms with Gasteiger partial charge in [-0.3, -0.25) is 10.0 Å². The lowest BCUT2D eigenvalue weighted by molar-refractivity contribution is -0.130. The summed E-state index contributed by atoms with van der Waals surface area (Å²) in [5, 5.41) is 11.5. The number of rotatable bonds is 2. The number of carbonyl (C=O) groups excluding carboxylic acids is 1. The molecule has 102 valence electrons. The molecule has 0 aliphatic heterocycles. The van der Waals surface area contributed by atoms with Crippen molar-refractivity contribution in [2.24, 2.45) is 0 Å². The number of hydrogen-bond donors (Lipinski definition) is 3. The molecule has 0 spiro atoms. The number of carbonyl (C=O) groups is 1. The third-order valence-electron chi connectivity index (χ3n) is 3.59. The second-order valence-corrected chi connectivity index (χ2v) is 5.25. The predicted molar refractivity (Wildman–Crippen MR) is 79.2 cm³/mol. The highest BCUT2D eigenvalue weighted by Gasteiger charge is 2.15. The molecule has 3 aromatic rings. The summed E-state index contributed by atoms with van der Waals surface area (Å²) in [5.41, 5.74) is 4.46. The zero-order valence-electron chi connectivity index (χ0n) is 10.8. The maximum atomic E-state index is 11.5. The van der Waals surface area contributed by atoms with Gasteiger partial charge in [-0.2, -0.15) is 0 Å². The lowest BCUT2D eigenvalue weighted by atomic mass is 9.99. The van der Waals surface area contributed by atoms with E-state index in [0.29, 0.717) is 5.02 Å². The van der Waals surface area contributed by atoms with Crippen molar-refractivity contribution in [2.75, 3.05) is 0 Å². The quantitative estimate of drug-likeness (QED) is 0.498. The van der Waals surface area contributed by atoms with Gasteiger partial charge in [-0.25, -0.2) is 5.48 Å². The van der Waals surface area contributed by atoms with Crippen LogP contribution in [0.15, 0.2) is 36.4 Å². The van der Waals surface area contributed by atoms with Crippen molar-refractivity contribution in [1.29, 1.82) is 0 Å². The van der Waals surface area contributed by atoms with Crippen molar-refractivity contribution in [1.82, 2.24) is 10.5 Å². The number of benzene rings is 2. The van der Waals surface area contributed by atoms with Crippen molar-refractivity contribution < 1.29 is 10.0 Å². The van der Waals surface area contributed by atoms with Gasteiger partial charge < -0.3 is 4.98 Å². The lowest BCUT2D eigenvalue weighted by Gasteiger charge is -2.09. The van der Waals surface area contributed by atoms with Gasteiger partial charge >= 0.3 is 0 Å². The molecule has 1 amide bonds. The van der Waals surface area contributed by atoms with Crippen LogP contribution in [0.2, 0.25) is 5.02 Å². The molecule has 1 heterocycles. The first-order valence-electron chi connectivity index (χ1n) is 6.25. The Labute approximate surface area is 120 Å². The SMILES string of the molecule is CC(C(=O)NO)c1ccc2c(c1)[nH]c1ccc(Cl)cc12. The van der Waals surface area contributed by atoms with Crippen LogP contribution >= 0.6 is 11.6 Å². The zero-order chi connectivity index (χ0) is 14.3. The molecule has 0 aliphatic rings. The van der Waals surface area contributed by atoms with E-state index in [4.69, 9.17) is 16.8 Å². The monoisotopic (exact) mass is 288 g/mol. The number of hydrogen-bond acceptors (Lipinski definition) is 2. The van der Waals surface area contributed by atoms with Gasteiger partial charge in [0.25, 0.3) is 5.91 Å². The standard InChI is InChI=1S/C15H13ClN2O2/c1-8(15(19)18-20)9-2-4-11-12-7-10(16)3-5-13(12)17-14(11)6-9/h2-8,17,20H,1H3,(H,18,19). The van der Waals surface area contributed by atoms with Crippen LogP contribution < -0.4 is 5.48 Å². The topological polar surface area (TPSA) is 65.1 Å². The minimum absolute atomic E-state index is 0.417. The smallest absolute Gasteiger partial charge is 0.250 e. The molecule has 1 unspecified atom stereocenters. The van der Waals surface area contributed by atoms with E-state index in [1.54, 1.807) is 12.4 Å². The maximum absolute atomic E-state index is 11.5. The fourth-order valence-electron chi connectivity index (χ4n) is 2.41. The van der Waals surface area contributed by atoms with Crippen LogP contribution in [0.5, 0.6) is 0 Å². The zero-order valence-corrected chi connectivity index (χ0v) is 11.5. The van der Waals surface area contributed by atoms with Crippen molar-refractivity contribution in [3.63, 3.8) is 0 Å². The normalized spacial score (nSPS) is 12.8. The Kier molecular flexibility index (Phi) is 3.12. The average molecular weight is 289 g/mol. The Morgan fingerprint density at radius 1 is 1.20 bits per heavy atom. The summed E-state index contributed by atoms with van der Waals surface area (Å²) in [7, 11) is 0. The number of nitrogens with one attached hydrogen (secondary N) is 2. The first-order chi connectivity index (χ1) is 9.60. The molecule has 4 nitrogen and oxygen atoms in total. The number of fused-ring (bicyclic) bond motifs is 3. The molecule has 2 aromatic carbocycles. The van der Waals surface area contributed by atoms with Crippen LogP contribution in [-0.2, 0) is 4.79 Å². The van der Waals surface area contributed by atoms with Crippen LogP contribution in [0.25, 0.3) is 21.8 Å². The van der Waals surface area contributed by atoms with E-state index >= 15 is 0 Å². The first-order valence-corrected chi connectivity index (χ1v) is 6.63. The highest BCUT2D eigenvalue weighted by molar-refractivity contribution is 6.31. The highest BCUT2D eigenvalue weighted by Crippen LogP contribution is 2.30. The fourth-order valence-corrected chi connectivity index (χ4v) is 2.58. The molecule has 0 bridgehead atoms. The number of aromatic amines is 1. The molecule has 3 N–H and O–H groups in total. The third kappa shape index (κ3) is 2.03.